The van der Waals surface area contributed by atoms with Gasteiger partial charge in [0.1, 0.15) is 33.3 Å². The average molecular weight is 902 g/mol. The highest BCUT2D eigenvalue weighted by atomic mass is 32.1. The topological polar surface area (TPSA) is 135 Å². The number of carbonyl (C=O) groups is 2. The molecule has 0 spiro atoms. The summed E-state index contributed by atoms with van der Waals surface area (Å²) in [6, 6.07) is 37.2. The van der Waals surface area contributed by atoms with Crippen molar-refractivity contribution in [1.29, 1.82) is 10.5 Å². The van der Waals surface area contributed by atoms with E-state index in [0.29, 0.717) is 24.5 Å². The number of hydrogen-bond donors (Lipinski definition) is 2. The van der Waals surface area contributed by atoms with E-state index in [1.807, 2.05) is 48.5 Å². The Bertz CT molecular complexity index is 2820. The van der Waals surface area contributed by atoms with E-state index >= 15 is 0 Å². The number of aromatic nitrogens is 2. The van der Waals surface area contributed by atoms with Crippen molar-refractivity contribution in [2.45, 2.75) is 104 Å². The zero-order chi connectivity index (χ0) is 46.3. The highest BCUT2D eigenvalue weighted by Gasteiger charge is 2.26. The van der Waals surface area contributed by atoms with Crippen LogP contribution in [0, 0.1) is 22.7 Å². The van der Waals surface area contributed by atoms with Crippen LogP contribution in [0.2, 0.25) is 0 Å². The van der Waals surface area contributed by atoms with Crippen LogP contribution in [0.5, 0.6) is 0 Å². The third-order valence-electron chi connectivity index (χ3n) is 11.9. The van der Waals surface area contributed by atoms with Crippen LogP contribution in [0.3, 0.4) is 0 Å². The fourth-order valence-corrected chi connectivity index (χ4v) is 10.8. The minimum absolute atomic E-state index is 0.0425. The Morgan fingerprint density at radius 3 is 1.38 bits per heavy atom. The van der Waals surface area contributed by atoms with Gasteiger partial charge in [-0.1, -0.05) is 134 Å². The summed E-state index contributed by atoms with van der Waals surface area (Å²) in [5, 5.41) is 45.3. The van der Waals surface area contributed by atoms with Crippen molar-refractivity contribution in [1.82, 2.24) is 9.13 Å². The van der Waals surface area contributed by atoms with Gasteiger partial charge in [-0.2, -0.15) is 10.5 Å². The van der Waals surface area contributed by atoms with Gasteiger partial charge in [-0.3, -0.25) is 4.90 Å². The normalized spacial score (nSPS) is 12.2. The molecule has 0 saturated carbocycles. The van der Waals surface area contributed by atoms with E-state index in [1.165, 1.54) is 17.7 Å². The number of nitriles is 2. The van der Waals surface area contributed by atoms with Crippen molar-refractivity contribution in [2.75, 3.05) is 4.90 Å². The van der Waals surface area contributed by atoms with Crippen LogP contribution in [0.4, 0.5) is 15.7 Å². The van der Waals surface area contributed by atoms with Crippen molar-refractivity contribution in [3.8, 4) is 33.3 Å². The molecule has 0 fully saturated rings. The number of hydrogen-bond acceptors (Lipinski definition) is 7. The minimum atomic E-state index is -1.25. The summed E-state index contributed by atoms with van der Waals surface area (Å²) in [5.74, 6) is -2.51. The van der Waals surface area contributed by atoms with Gasteiger partial charge in [0.25, 0.3) is 0 Å². The number of unbranched alkanes of at least 4 members (excludes halogenated alkanes) is 6. The number of carboxylic acids is 2. The van der Waals surface area contributed by atoms with E-state index in [9.17, 15) is 30.3 Å². The second-order valence-electron chi connectivity index (χ2n) is 17.3. The van der Waals surface area contributed by atoms with Crippen molar-refractivity contribution in [2.24, 2.45) is 0 Å². The van der Waals surface area contributed by atoms with E-state index in [0.717, 1.165) is 110 Å². The number of fused-ring (bicyclic) bond motifs is 2. The van der Waals surface area contributed by atoms with Gasteiger partial charge in [0.15, 0.2) is 0 Å². The molecule has 0 bridgehead atoms. The Labute approximate surface area is 389 Å². The Kier molecular flexibility index (Phi) is 14.6. The molecule has 4 heterocycles. The molecule has 11 heteroatoms. The van der Waals surface area contributed by atoms with Crippen molar-refractivity contribution < 1.29 is 19.8 Å². The van der Waals surface area contributed by atoms with Gasteiger partial charge in [0.2, 0.25) is 0 Å². The van der Waals surface area contributed by atoms with Crippen LogP contribution in [0.1, 0.15) is 103 Å². The van der Waals surface area contributed by atoms with Crippen molar-refractivity contribution in [3.05, 3.63) is 125 Å². The second-order valence-corrected chi connectivity index (χ2v) is 19.5. The fourth-order valence-electron chi connectivity index (χ4n) is 8.53. The molecule has 0 atom stereocenters. The lowest BCUT2D eigenvalue weighted by atomic mass is 9.87. The summed E-state index contributed by atoms with van der Waals surface area (Å²) in [5.41, 5.74) is 4.95. The molecule has 0 saturated heterocycles. The Morgan fingerprint density at radius 2 is 1.02 bits per heavy atom. The van der Waals surface area contributed by atoms with Crippen LogP contribution in [-0.4, -0.2) is 31.3 Å². The summed E-state index contributed by atoms with van der Waals surface area (Å²) in [6.45, 7) is 12.3. The van der Waals surface area contributed by atoms with Crippen LogP contribution in [0.15, 0.2) is 108 Å². The van der Waals surface area contributed by atoms with Gasteiger partial charge in [0, 0.05) is 40.3 Å². The monoisotopic (exact) mass is 901 g/mol. The lowest BCUT2D eigenvalue weighted by molar-refractivity contribution is -0.133. The highest BCUT2D eigenvalue weighted by molar-refractivity contribution is 7.21. The minimum Gasteiger partial charge on any atom is -0.477 e. The van der Waals surface area contributed by atoms with Gasteiger partial charge in [-0.05, 0) is 72.4 Å². The molecule has 0 amide bonds. The molecule has 0 radical (unpaired) electrons. The fraction of sp³-hybridized carbons (Fsp3) is 0.296. The van der Waals surface area contributed by atoms with Crippen LogP contribution < -0.4 is 4.90 Å². The maximum Gasteiger partial charge on any atom is 0.346 e. The summed E-state index contributed by atoms with van der Waals surface area (Å²) >= 11 is 3.33. The first-order valence-electron chi connectivity index (χ1n) is 22.4. The summed E-state index contributed by atoms with van der Waals surface area (Å²) in [7, 11) is 0. The summed E-state index contributed by atoms with van der Waals surface area (Å²) in [4.78, 5) is 28.7. The first kappa shape index (κ1) is 46.3. The summed E-state index contributed by atoms with van der Waals surface area (Å²) in [6.07, 6.45) is 11.3. The molecule has 7 rings (SSSR count). The molecule has 9 nitrogen and oxygen atoms in total. The molecule has 2 N–H and O–H groups in total. The Morgan fingerprint density at radius 1 is 0.600 bits per heavy atom. The lowest BCUT2D eigenvalue weighted by Gasteiger charge is -2.24. The number of thiophene rings is 2. The average Bonchev–Trinajstić information content (AvgIpc) is 4.09. The van der Waals surface area contributed by atoms with E-state index in [2.05, 4.69) is 109 Å². The molecule has 3 aromatic carbocycles. The molecular formula is C54H55N5O4S2. The van der Waals surface area contributed by atoms with Gasteiger partial charge >= 0.3 is 11.9 Å². The predicted octanol–water partition coefficient (Wildman–Crippen LogP) is 15.0. The van der Waals surface area contributed by atoms with Crippen molar-refractivity contribution in [3.63, 3.8) is 0 Å². The quantitative estimate of drug-likeness (QED) is 0.0469. The molecule has 65 heavy (non-hydrogen) atoms. The zero-order valence-electron chi connectivity index (χ0n) is 37.7. The van der Waals surface area contributed by atoms with Crippen molar-refractivity contribution >= 4 is 84.0 Å². The molecule has 0 aliphatic carbocycles. The van der Waals surface area contributed by atoms with Gasteiger partial charge in [0.05, 0.1) is 32.5 Å². The van der Waals surface area contributed by atoms with E-state index < -0.39 is 11.9 Å². The number of carboxylic acid groups (broad SMARTS) is 2. The highest BCUT2D eigenvalue weighted by Crippen LogP contribution is 2.49. The smallest absolute Gasteiger partial charge is 0.346 e. The largest absolute Gasteiger partial charge is 0.477 e. The first-order valence-corrected chi connectivity index (χ1v) is 24.1. The maximum absolute atomic E-state index is 12.2. The second kappa shape index (κ2) is 20.5. The summed E-state index contributed by atoms with van der Waals surface area (Å²) < 4.78 is 4.41. The third-order valence-corrected chi connectivity index (χ3v) is 14.0. The van der Waals surface area contributed by atoms with Crippen LogP contribution in [-0.2, 0) is 28.1 Å². The number of nitrogens with zero attached hydrogens (tertiary/aromatic N) is 5. The number of rotatable bonds is 19. The molecule has 4 aromatic heterocycles. The van der Waals surface area contributed by atoms with E-state index in [1.54, 1.807) is 22.7 Å². The molecule has 332 valence electrons. The number of anilines is 3. The van der Waals surface area contributed by atoms with Crippen LogP contribution >= 0.6 is 22.7 Å². The lowest BCUT2D eigenvalue weighted by Crippen LogP contribution is -2.12. The molecule has 0 aliphatic rings. The van der Waals surface area contributed by atoms with Crippen LogP contribution in [0.25, 0.3) is 54.8 Å². The van der Waals surface area contributed by atoms with Gasteiger partial charge < -0.3 is 19.3 Å². The molecule has 7 aromatic rings. The number of benzene rings is 3. The maximum atomic E-state index is 12.2. The standard InChI is InChI=1S/C54H55N5O4S2/c1-6-8-10-16-30-57-44(32-36(34-55)52(60)61)40-18-12-14-20-42(40)50(57)46-26-28-48(64-46)59(39-24-22-38(23-25-39)54(3,4)5)49-29-27-47(65-49)51-43-21-15-13-19-41(43)45(33-37(35-56)53(62)63)58(51)31-17-11-9-7-2/h12-15,18-29,32-33H,6-11,16-17,30-31H2,1-5H3,(H,60,61)(H,62,63)/b36-32+,37-33+. The SMILES string of the molecule is CCCCCCn1c(/C=C(\C#N)C(=O)O)c2ccccc2c1-c1ccc(N(c2ccc(C(C)(C)C)cc2)c2ccc(-c3c4ccccc4c(/C=C(\C#N)C(=O)O)n3CCCCCC)s2)s1. The van der Waals surface area contributed by atoms with E-state index in [-0.39, 0.29) is 16.6 Å². The molecular weight excluding hydrogens is 847 g/mol. The van der Waals surface area contributed by atoms with Gasteiger partial charge in [-0.15, -0.1) is 22.7 Å². The van der Waals surface area contributed by atoms with Gasteiger partial charge in [-0.25, -0.2) is 9.59 Å². The molecule has 0 unspecified atom stereocenters. The Hall–Kier alpha value is -6.66. The molecule has 0 aliphatic heterocycles. The number of aliphatic carboxylic acids is 2. The first-order chi connectivity index (χ1) is 31.4. The predicted molar refractivity (Wildman–Crippen MR) is 268 cm³/mol. The third kappa shape index (κ3) is 9.88. The van der Waals surface area contributed by atoms with E-state index in [4.69, 9.17) is 0 Å². The Balaban J connectivity index is 1.42. The zero-order valence-corrected chi connectivity index (χ0v) is 39.4.